The van der Waals surface area contributed by atoms with Crippen LogP contribution in [0.15, 0.2) is 36.4 Å². The molecular weight excluding hydrogens is 257 g/mol. The number of hydrogen-bond donors (Lipinski definition) is 2. The molecule has 3 nitrogen and oxygen atoms in total. The highest BCUT2D eigenvalue weighted by atomic mass is 35.5. The van der Waals surface area contributed by atoms with Gasteiger partial charge in [-0.25, -0.2) is 4.98 Å². The summed E-state index contributed by atoms with van der Waals surface area (Å²) in [5.41, 5.74) is 0.809. The van der Waals surface area contributed by atoms with E-state index >= 15 is 0 Å². The third kappa shape index (κ3) is 3.25. The van der Waals surface area contributed by atoms with Gasteiger partial charge in [0.05, 0.1) is 0 Å². The molecule has 0 aliphatic carbocycles. The summed E-state index contributed by atoms with van der Waals surface area (Å²) in [7, 11) is 1.82. The van der Waals surface area contributed by atoms with Crippen molar-refractivity contribution in [3.8, 4) is 0 Å². The van der Waals surface area contributed by atoms with Crippen molar-refractivity contribution in [2.24, 2.45) is 0 Å². The third-order valence-electron chi connectivity index (χ3n) is 2.14. The molecule has 2 aromatic rings. The lowest BCUT2D eigenvalue weighted by atomic mass is 10.3. The van der Waals surface area contributed by atoms with Crippen molar-refractivity contribution < 1.29 is 0 Å². The third-order valence-corrected chi connectivity index (χ3v) is 2.58. The molecule has 17 heavy (non-hydrogen) atoms. The van der Waals surface area contributed by atoms with E-state index in [1.807, 2.05) is 25.2 Å². The minimum Gasteiger partial charge on any atom is -0.373 e. The van der Waals surface area contributed by atoms with Gasteiger partial charge in [0.1, 0.15) is 11.6 Å². The van der Waals surface area contributed by atoms with Crippen LogP contribution in [0, 0.1) is 0 Å². The fourth-order valence-electron chi connectivity index (χ4n) is 1.42. The van der Waals surface area contributed by atoms with Gasteiger partial charge in [-0.3, -0.25) is 0 Å². The molecule has 0 fully saturated rings. The highest BCUT2D eigenvalue weighted by Gasteiger charge is 2.00. The fourth-order valence-corrected chi connectivity index (χ4v) is 1.94. The maximum absolute atomic E-state index is 5.92. The van der Waals surface area contributed by atoms with E-state index in [-0.39, 0.29) is 0 Å². The van der Waals surface area contributed by atoms with Crippen LogP contribution in [0.2, 0.25) is 10.0 Å². The summed E-state index contributed by atoms with van der Waals surface area (Å²) in [6.45, 7) is 0. The minimum atomic E-state index is 0.588. The molecule has 0 spiro atoms. The zero-order valence-electron chi connectivity index (χ0n) is 9.17. The number of anilines is 3. The number of pyridine rings is 1. The highest BCUT2D eigenvalue weighted by Crippen LogP contribution is 2.24. The van der Waals surface area contributed by atoms with Crippen LogP contribution in [0.4, 0.5) is 17.3 Å². The van der Waals surface area contributed by atoms with Crippen molar-refractivity contribution in [3.63, 3.8) is 0 Å². The smallest absolute Gasteiger partial charge is 0.132 e. The van der Waals surface area contributed by atoms with Gasteiger partial charge in [0.2, 0.25) is 0 Å². The van der Waals surface area contributed by atoms with E-state index in [9.17, 15) is 0 Å². The summed E-state index contributed by atoms with van der Waals surface area (Å²) in [6.07, 6.45) is 0. The van der Waals surface area contributed by atoms with E-state index in [1.165, 1.54) is 0 Å². The normalized spacial score (nSPS) is 10.1. The number of hydrogen-bond acceptors (Lipinski definition) is 3. The Bertz CT molecular complexity index is 509. The summed E-state index contributed by atoms with van der Waals surface area (Å²) in [5, 5.41) is 7.29. The monoisotopic (exact) mass is 267 g/mol. The van der Waals surface area contributed by atoms with Crippen molar-refractivity contribution in [1.29, 1.82) is 0 Å². The standard InChI is InChI=1S/C12H11Cl2N3/c1-15-11-3-2-4-12(17-11)16-10-6-8(13)5-9(14)7-10/h2-7H,1H3,(H2,15,16,17). The van der Waals surface area contributed by atoms with Crippen molar-refractivity contribution in [2.75, 3.05) is 17.7 Å². The minimum absolute atomic E-state index is 0.588. The second-order valence-corrected chi connectivity index (χ2v) is 4.31. The molecule has 1 aromatic carbocycles. The lowest BCUT2D eigenvalue weighted by Gasteiger charge is -2.08. The Labute approximate surface area is 110 Å². The molecule has 0 saturated carbocycles. The molecule has 1 heterocycles. The van der Waals surface area contributed by atoms with E-state index in [2.05, 4.69) is 15.6 Å². The van der Waals surface area contributed by atoms with E-state index < -0.39 is 0 Å². The predicted molar refractivity (Wildman–Crippen MR) is 73.5 cm³/mol. The number of nitrogens with one attached hydrogen (secondary N) is 2. The van der Waals surface area contributed by atoms with Gasteiger partial charge in [-0.15, -0.1) is 0 Å². The first-order valence-electron chi connectivity index (χ1n) is 5.05. The molecule has 2 N–H and O–H groups in total. The Morgan fingerprint density at radius 1 is 1.00 bits per heavy atom. The molecule has 0 radical (unpaired) electrons. The van der Waals surface area contributed by atoms with Crippen LogP contribution in [-0.2, 0) is 0 Å². The summed E-state index contributed by atoms with van der Waals surface area (Å²) in [6, 6.07) is 10.9. The first-order chi connectivity index (χ1) is 8.17. The molecule has 0 aliphatic heterocycles. The number of nitrogens with zero attached hydrogens (tertiary/aromatic N) is 1. The number of rotatable bonds is 3. The number of aromatic nitrogens is 1. The van der Waals surface area contributed by atoms with E-state index in [0.29, 0.717) is 10.0 Å². The van der Waals surface area contributed by atoms with Crippen LogP contribution < -0.4 is 10.6 Å². The second-order valence-electron chi connectivity index (χ2n) is 3.44. The zero-order chi connectivity index (χ0) is 12.3. The first-order valence-corrected chi connectivity index (χ1v) is 5.81. The average Bonchev–Trinajstić information content (AvgIpc) is 2.28. The van der Waals surface area contributed by atoms with Crippen molar-refractivity contribution in [1.82, 2.24) is 4.98 Å². The van der Waals surface area contributed by atoms with Crippen LogP contribution in [0.25, 0.3) is 0 Å². The van der Waals surface area contributed by atoms with Gasteiger partial charge in [0, 0.05) is 22.8 Å². The fraction of sp³-hybridized carbons (Fsp3) is 0.0833. The molecule has 0 amide bonds. The van der Waals surface area contributed by atoms with E-state index in [1.54, 1.807) is 18.2 Å². The maximum Gasteiger partial charge on any atom is 0.132 e. The quantitative estimate of drug-likeness (QED) is 0.877. The molecule has 1 aromatic heterocycles. The van der Waals surface area contributed by atoms with Crippen LogP contribution >= 0.6 is 23.2 Å². The van der Waals surface area contributed by atoms with Crippen LogP contribution in [-0.4, -0.2) is 12.0 Å². The Balaban J connectivity index is 2.24. The van der Waals surface area contributed by atoms with Crippen LogP contribution in [0.5, 0.6) is 0 Å². The van der Waals surface area contributed by atoms with Crippen LogP contribution in [0.3, 0.4) is 0 Å². The number of halogens is 2. The molecule has 0 aliphatic rings. The molecule has 0 unspecified atom stereocenters. The largest absolute Gasteiger partial charge is 0.373 e. The van der Waals surface area contributed by atoms with Gasteiger partial charge >= 0.3 is 0 Å². The summed E-state index contributed by atoms with van der Waals surface area (Å²) in [5.74, 6) is 1.53. The summed E-state index contributed by atoms with van der Waals surface area (Å²) < 4.78 is 0. The number of benzene rings is 1. The molecule has 88 valence electrons. The summed E-state index contributed by atoms with van der Waals surface area (Å²) >= 11 is 11.8. The maximum atomic E-state index is 5.92. The molecule has 2 rings (SSSR count). The van der Waals surface area contributed by atoms with E-state index in [0.717, 1.165) is 17.3 Å². The van der Waals surface area contributed by atoms with Gasteiger partial charge in [-0.1, -0.05) is 29.3 Å². The summed E-state index contributed by atoms with van der Waals surface area (Å²) in [4.78, 5) is 4.34. The van der Waals surface area contributed by atoms with Crippen LogP contribution in [0.1, 0.15) is 0 Å². The van der Waals surface area contributed by atoms with Gasteiger partial charge < -0.3 is 10.6 Å². The second kappa shape index (κ2) is 5.25. The molecule has 0 saturated heterocycles. The topological polar surface area (TPSA) is 37.0 Å². The molecule has 5 heteroatoms. The Morgan fingerprint density at radius 2 is 1.65 bits per heavy atom. The van der Waals surface area contributed by atoms with Crippen molar-refractivity contribution in [3.05, 3.63) is 46.4 Å². The lowest BCUT2D eigenvalue weighted by Crippen LogP contribution is -1.97. The molecule has 0 bridgehead atoms. The van der Waals surface area contributed by atoms with Crippen molar-refractivity contribution >= 4 is 40.5 Å². The van der Waals surface area contributed by atoms with Gasteiger partial charge in [0.15, 0.2) is 0 Å². The molecule has 0 atom stereocenters. The highest BCUT2D eigenvalue weighted by molar-refractivity contribution is 6.35. The van der Waals surface area contributed by atoms with Crippen molar-refractivity contribution in [2.45, 2.75) is 0 Å². The molecular formula is C12H11Cl2N3. The lowest BCUT2D eigenvalue weighted by molar-refractivity contribution is 1.28. The SMILES string of the molecule is CNc1cccc(Nc2cc(Cl)cc(Cl)c2)n1. The Hall–Kier alpha value is -1.45. The Morgan fingerprint density at radius 3 is 2.29 bits per heavy atom. The Kier molecular flexibility index (Phi) is 3.71. The first kappa shape index (κ1) is 12.0. The predicted octanol–water partition coefficient (Wildman–Crippen LogP) is 4.17. The average molecular weight is 268 g/mol. The van der Waals surface area contributed by atoms with Gasteiger partial charge in [-0.05, 0) is 30.3 Å². The van der Waals surface area contributed by atoms with Gasteiger partial charge in [0.25, 0.3) is 0 Å². The zero-order valence-corrected chi connectivity index (χ0v) is 10.7. The van der Waals surface area contributed by atoms with Gasteiger partial charge in [-0.2, -0.15) is 0 Å². The van der Waals surface area contributed by atoms with E-state index in [4.69, 9.17) is 23.2 Å².